The van der Waals surface area contributed by atoms with Crippen molar-refractivity contribution in [1.29, 1.82) is 0 Å². The third-order valence-electron chi connectivity index (χ3n) is 3.54. The van der Waals surface area contributed by atoms with Crippen molar-refractivity contribution in [3.05, 3.63) is 35.4 Å². The molecule has 2 aromatic rings. The van der Waals surface area contributed by atoms with Crippen LogP contribution in [0.4, 0.5) is 0 Å². The van der Waals surface area contributed by atoms with E-state index in [1.165, 1.54) is 0 Å². The van der Waals surface area contributed by atoms with Crippen LogP contribution in [0.2, 0.25) is 0 Å². The van der Waals surface area contributed by atoms with Crippen molar-refractivity contribution in [3.63, 3.8) is 0 Å². The molecule has 4 heteroatoms. The lowest BCUT2D eigenvalue weighted by molar-refractivity contribution is 0.351. The van der Waals surface area contributed by atoms with Gasteiger partial charge in [-0.15, -0.1) is 0 Å². The Morgan fingerprint density at radius 1 is 0.545 bits per heavy atom. The molecule has 2 aromatic carbocycles. The summed E-state index contributed by atoms with van der Waals surface area (Å²) in [4.78, 5) is 0. The van der Waals surface area contributed by atoms with Gasteiger partial charge in [0.2, 0.25) is 0 Å². The summed E-state index contributed by atoms with van der Waals surface area (Å²) in [5.41, 5.74) is 3.99. The minimum Gasteiger partial charge on any atom is -0.493 e. The number of benzene rings is 2. The van der Waals surface area contributed by atoms with Gasteiger partial charge in [0, 0.05) is 11.1 Å². The molecule has 0 amide bonds. The van der Waals surface area contributed by atoms with Crippen LogP contribution in [0.1, 0.15) is 11.1 Å². The largest absolute Gasteiger partial charge is 0.493 e. The van der Waals surface area contributed by atoms with Crippen molar-refractivity contribution >= 4 is 0 Å². The maximum atomic E-state index is 5.57. The van der Waals surface area contributed by atoms with Gasteiger partial charge in [-0.2, -0.15) is 0 Å². The van der Waals surface area contributed by atoms with Crippen LogP contribution >= 0.6 is 0 Å². The fraction of sp³-hybridized carbons (Fsp3) is 0.333. The first-order valence-electron chi connectivity index (χ1n) is 7.01. The lowest BCUT2D eigenvalue weighted by Crippen LogP contribution is -1.98. The van der Waals surface area contributed by atoms with Crippen molar-refractivity contribution in [3.8, 4) is 34.1 Å². The number of ether oxygens (including phenoxy) is 4. The van der Waals surface area contributed by atoms with Crippen molar-refractivity contribution < 1.29 is 18.9 Å². The average Bonchev–Trinajstić information content (AvgIpc) is 2.52. The summed E-state index contributed by atoms with van der Waals surface area (Å²) < 4.78 is 22.0. The van der Waals surface area contributed by atoms with E-state index in [0.717, 1.165) is 22.3 Å². The van der Waals surface area contributed by atoms with Gasteiger partial charge < -0.3 is 18.9 Å². The van der Waals surface area contributed by atoms with Gasteiger partial charge in [0.15, 0.2) is 23.0 Å². The summed E-state index contributed by atoms with van der Waals surface area (Å²) in [6.07, 6.45) is 0. The minimum atomic E-state index is 0.680. The normalized spacial score (nSPS) is 10.3. The molecule has 2 rings (SSSR count). The number of hydrogen-bond donors (Lipinski definition) is 0. The van der Waals surface area contributed by atoms with Crippen molar-refractivity contribution in [1.82, 2.24) is 0 Å². The average molecular weight is 302 g/mol. The van der Waals surface area contributed by atoms with Gasteiger partial charge in [-0.3, -0.25) is 0 Å². The van der Waals surface area contributed by atoms with Crippen LogP contribution in [-0.2, 0) is 0 Å². The molecule has 0 saturated carbocycles. The molecule has 0 heterocycles. The van der Waals surface area contributed by atoms with Gasteiger partial charge in [-0.25, -0.2) is 0 Å². The summed E-state index contributed by atoms with van der Waals surface area (Å²) in [6, 6.07) is 8.00. The fourth-order valence-electron chi connectivity index (χ4n) is 2.60. The highest BCUT2D eigenvalue weighted by Gasteiger charge is 2.19. The Balaban J connectivity index is 2.81. The molecule has 22 heavy (non-hydrogen) atoms. The molecule has 0 aliphatic heterocycles. The molecule has 0 aromatic heterocycles. The van der Waals surface area contributed by atoms with Crippen LogP contribution in [0, 0.1) is 13.8 Å². The maximum Gasteiger partial charge on any atom is 0.168 e. The molecule has 118 valence electrons. The SMILES string of the molecule is COc1cc(C)cc(-c2cc(C)cc(OC)c2OC)c1OC. The van der Waals surface area contributed by atoms with Crippen molar-refractivity contribution in [2.24, 2.45) is 0 Å². The molecule has 0 fully saturated rings. The third-order valence-corrected chi connectivity index (χ3v) is 3.54. The number of rotatable bonds is 5. The molecular formula is C18H22O4. The Kier molecular flexibility index (Phi) is 4.81. The lowest BCUT2D eigenvalue weighted by atomic mass is 9.98. The van der Waals surface area contributed by atoms with E-state index in [9.17, 15) is 0 Å². The topological polar surface area (TPSA) is 36.9 Å². The minimum absolute atomic E-state index is 0.680. The molecule has 0 saturated heterocycles. The van der Waals surface area contributed by atoms with Crippen LogP contribution in [-0.4, -0.2) is 28.4 Å². The Labute approximate surface area is 131 Å². The fourth-order valence-corrected chi connectivity index (χ4v) is 2.60. The van der Waals surface area contributed by atoms with E-state index in [1.807, 2.05) is 26.0 Å². The van der Waals surface area contributed by atoms with E-state index >= 15 is 0 Å². The molecule has 0 radical (unpaired) electrons. The second kappa shape index (κ2) is 6.60. The van der Waals surface area contributed by atoms with Crippen LogP contribution < -0.4 is 18.9 Å². The highest BCUT2D eigenvalue weighted by molar-refractivity contribution is 5.81. The Bertz CT molecular complexity index is 618. The quantitative estimate of drug-likeness (QED) is 0.836. The van der Waals surface area contributed by atoms with Crippen molar-refractivity contribution in [2.45, 2.75) is 13.8 Å². The summed E-state index contributed by atoms with van der Waals surface area (Å²) in [7, 11) is 6.54. The van der Waals surface area contributed by atoms with E-state index in [4.69, 9.17) is 18.9 Å². The molecule has 0 N–H and O–H groups in total. The van der Waals surface area contributed by atoms with Gasteiger partial charge in [0.05, 0.1) is 28.4 Å². The molecule has 0 aliphatic carbocycles. The predicted molar refractivity (Wildman–Crippen MR) is 87.6 cm³/mol. The van der Waals surface area contributed by atoms with Gasteiger partial charge in [0.1, 0.15) is 0 Å². The van der Waals surface area contributed by atoms with Crippen LogP contribution in [0.25, 0.3) is 11.1 Å². The molecule has 0 atom stereocenters. The first kappa shape index (κ1) is 16.0. The molecule has 0 spiro atoms. The Morgan fingerprint density at radius 3 is 1.18 bits per heavy atom. The number of methoxy groups -OCH3 is 4. The van der Waals surface area contributed by atoms with E-state index in [1.54, 1.807) is 28.4 Å². The van der Waals surface area contributed by atoms with Crippen LogP contribution in [0.15, 0.2) is 24.3 Å². The number of aryl methyl sites for hydroxylation is 2. The maximum absolute atomic E-state index is 5.57. The van der Waals surface area contributed by atoms with Gasteiger partial charge >= 0.3 is 0 Å². The van der Waals surface area contributed by atoms with Crippen LogP contribution in [0.3, 0.4) is 0 Å². The highest BCUT2D eigenvalue weighted by Crippen LogP contribution is 2.46. The summed E-state index contributed by atoms with van der Waals surface area (Å²) in [6.45, 7) is 4.04. The molecule has 0 bridgehead atoms. The van der Waals surface area contributed by atoms with E-state index in [2.05, 4.69) is 12.1 Å². The lowest BCUT2D eigenvalue weighted by Gasteiger charge is -2.18. The van der Waals surface area contributed by atoms with Crippen molar-refractivity contribution in [2.75, 3.05) is 28.4 Å². The van der Waals surface area contributed by atoms with Gasteiger partial charge in [0.25, 0.3) is 0 Å². The predicted octanol–water partition coefficient (Wildman–Crippen LogP) is 4.00. The first-order valence-corrected chi connectivity index (χ1v) is 7.01. The molecular weight excluding hydrogens is 280 g/mol. The van der Waals surface area contributed by atoms with Gasteiger partial charge in [-0.05, 0) is 49.2 Å². The smallest absolute Gasteiger partial charge is 0.168 e. The molecule has 0 aliphatic rings. The van der Waals surface area contributed by atoms with E-state index in [0.29, 0.717) is 23.0 Å². The second-order valence-electron chi connectivity index (χ2n) is 5.10. The zero-order valence-electron chi connectivity index (χ0n) is 13.9. The monoisotopic (exact) mass is 302 g/mol. The zero-order chi connectivity index (χ0) is 16.3. The molecule has 0 unspecified atom stereocenters. The molecule has 4 nitrogen and oxygen atoms in total. The summed E-state index contributed by atoms with van der Waals surface area (Å²) in [5.74, 6) is 2.75. The van der Waals surface area contributed by atoms with Crippen LogP contribution in [0.5, 0.6) is 23.0 Å². The third kappa shape index (κ3) is 2.82. The second-order valence-corrected chi connectivity index (χ2v) is 5.10. The summed E-state index contributed by atoms with van der Waals surface area (Å²) >= 11 is 0. The van der Waals surface area contributed by atoms with E-state index in [-0.39, 0.29) is 0 Å². The first-order chi connectivity index (χ1) is 10.5. The summed E-state index contributed by atoms with van der Waals surface area (Å²) in [5, 5.41) is 0. The zero-order valence-corrected chi connectivity index (χ0v) is 13.9. The Hall–Kier alpha value is -2.36. The van der Waals surface area contributed by atoms with Gasteiger partial charge in [-0.1, -0.05) is 0 Å². The Morgan fingerprint density at radius 2 is 0.909 bits per heavy atom. The number of hydrogen-bond acceptors (Lipinski definition) is 4. The standard InChI is InChI=1S/C18H22O4/c1-11-7-13(17(21-5)15(9-11)19-3)14-8-12(2)10-16(20-4)18(14)22-6/h7-10H,1-6H3. The van der Waals surface area contributed by atoms with E-state index < -0.39 is 0 Å². The highest BCUT2D eigenvalue weighted by atomic mass is 16.5.